The van der Waals surface area contributed by atoms with E-state index in [0.29, 0.717) is 11.7 Å². The largest absolute Gasteiger partial charge is 0.481 e. The lowest BCUT2D eigenvalue weighted by Gasteiger charge is -2.17. The van der Waals surface area contributed by atoms with E-state index in [2.05, 4.69) is 10.1 Å². The van der Waals surface area contributed by atoms with Crippen LogP contribution in [0.15, 0.2) is 4.52 Å². The summed E-state index contributed by atoms with van der Waals surface area (Å²) in [4.78, 5) is 15.0. The van der Waals surface area contributed by atoms with E-state index < -0.39 is 17.5 Å². The summed E-state index contributed by atoms with van der Waals surface area (Å²) in [6.45, 7) is 6.98. The number of nitrogens with zero attached hydrogens (tertiary/aromatic N) is 2. The van der Waals surface area contributed by atoms with Crippen molar-refractivity contribution in [2.45, 2.75) is 39.2 Å². The highest BCUT2D eigenvalue weighted by Gasteiger charge is 2.30. The minimum atomic E-state index is -0.886. The van der Waals surface area contributed by atoms with Gasteiger partial charge in [-0.25, -0.2) is 0 Å². The monoisotopic (exact) mass is 242 g/mol. The van der Waals surface area contributed by atoms with Gasteiger partial charge in [0, 0.05) is 13.0 Å². The lowest BCUT2D eigenvalue weighted by Crippen LogP contribution is -2.22. The van der Waals surface area contributed by atoms with Crippen LogP contribution in [0.2, 0.25) is 0 Å². The highest BCUT2D eigenvalue weighted by atomic mass is 16.5. The molecule has 1 aromatic rings. The van der Waals surface area contributed by atoms with Crippen molar-refractivity contribution in [3.8, 4) is 0 Å². The molecule has 6 heteroatoms. The molecule has 96 valence electrons. The number of ether oxygens (including phenoxy) is 1. The van der Waals surface area contributed by atoms with Crippen molar-refractivity contribution >= 4 is 5.97 Å². The second-order valence-electron chi connectivity index (χ2n) is 4.59. The predicted molar refractivity (Wildman–Crippen MR) is 59.5 cm³/mol. The zero-order valence-electron chi connectivity index (χ0n) is 10.7. The molecule has 1 aromatic heterocycles. The van der Waals surface area contributed by atoms with Gasteiger partial charge in [0.05, 0.1) is 5.92 Å². The van der Waals surface area contributed by atoms with Crippen LogP contribution in [0.1, 0.15) is 45.3 Å². The summed E-state index contributed by atoms with van der Waals surface area (Å²) in [6.07, 6.45) is 0. The number of aromatic nitrogens is 2. The molecule has 1 N–H and O–H groups in total. The average molecular weight is 242 g/mol. The maximum atomic E-state index is 10.9. The van der Waals surface area contributed by atoms with E-state index in [-0.39, 0.29) is 5.92 Å². The highest BCUT2D eigenvalue weighted by molar-refractivity contribution is 5.70. The van der Waals surface area contributed by atoms with Gasteiger partial charge in [0.15, 0.2) is 0 Å². The Morgan fingerprint density at radius 3 is 2.53 bits per heavy atom. The lowest BCUT2D eigenvalue weighted by atomic mass is 9.96. The highest BCUT2D eigenvalue weighted by Crippen LogP contribution is 2.26. The second kappa shape index (κ2) is 4.83. The van der Waals surface area contributed by atoms with Crippen molar-refractivity contribution in [1.29, 1.82) is 0 Å². The van der Waals surface area contributed by atoms with Crippen LogP contribution in [0.5, 0.6) is 0 Å². The molecule has 0 saturated heterocycles. The van der Waals surface area contributed by atoms with Crippen LogP contribution >= 0.6 is 0 Å². The van der Waals surface area contributed by atoms with Crippen LogP contribution in [0.25, 0.3) is 0 Å². The fourth-order valence-corrected chi connectivity index (χ4v) is 1.18. The number of hydrogen-bond donors (Lipinski definition) is 1. The van der Waals surface area contributed by atoms with Gasteiger partial charge < -0.3 is 14.4 Å². The number of rotatable bonds is 5. The molecule has 2 unspecified atom stereocenters. The molecule has 0 aromatic carbocycles. The van der Waals surface area contributed by atoms with Crippen molar-refractivity contribution in [3.63, 3.8) is 0 Å². The fraction of sp³-hybridized carbons (Fsp3) is 0.727. The molecule has 0 fully saturated rings. The number of hydrogen-bond acceptors (Lipinski definition) is 5. The van der Waals surface area contributed by atoms with Crippen molar-refractivity contribution in [2.75, 3.05) is 7.11 Å². The van der Waals surface area contributed by atoms with Gasteiger partial charge in [-0.2, -0.15) is 4.98 Å². The summed E-state index contributed by atoms with van der Waals surface area (Å²) in [5.41, 5.74) is -0.645. The lowest BCUT2D eigenvalue weighted by molar-refractivity contribution is -0.141. The van der Waals surface area contributed by atoms with Crippen LogP contribution in [0.3, 0.4) is 0 Å². The summed E-state index contributed by atoms with van der Waals surface area (Å²) in [5.74, 6) is -1.06. The molecule has 0 bridgehead atoms. The molecule has 2 atom stereocenters. The summed E-state index contributed by atoms with van der Waals surface area (Å²) in [6, 6.07) is 0. The van der Waals surface area contributed by atoms with Crippen molar-refractivity contribution in [3.05, 3.63) is 11.7 Å². The van der Waals surface area contributed by atoms with E-state index in [1.54, 1.807) is 21.0 Å². The minimum Gasteiger partial charge on any atom is -0.481 e. The number of carboxylic acid groups (broad SMARTS) is 1. The first-order valence-corrected chi connectivity index (χ1v) is 5.41. The van der Waals surface area contributed by atoms with Gasteiger partial charge in [0.25, 0.3) is 0 Å². The Morgan fingerprint density at radius 2 is 2.06 bits per heavy atom. The Morgan fingerprint density at radius 1 is 1.47 bits per heavy atom. The van der Waals surface area contributed by atoms with Crippen molar-refractivity contribution < 1.29 is 19.2 Å². The number of methoxy groups -OCH3 is 1. The molecular weight excluding hydrogens is 224 g/mol. The Hall–Kier alpha value is -1.43. The van der Waals surface area contributed by atoms with Crippen LogP contribution in [-0.4, -0.2) is 28.3 Å². The van der Waals surface area contributed by atoms with E-state index in [4.69, 9.17) is 14.4 Å². The summed E-state index contributed by atoms with van der Waals surface area (Å²) in [7, 11) is 1.55. The third-order valence-electron chi connectivity index (χ3n) is 3.02. The predicted octanol–water partition coefficient (Wildman–Crippen LogP) is 1.78. The number of carbonyl (C=O) groups is 1. The maximum Gasteiger partial charge on any atom is 0.307 e. The van der Waals surface area contributed by atoms with E-state index in [9.17, 15) is 4.79 Å². The summed E-state index contributed by atoms with van der Waals surface area (Å²) < 4.78 is 10.3. The second-order valence-corrected chi connectivity index (χ2v) is 4.59. The van der Waals surface area contributed by atoms with Gasteiger partial charge >= 0.3 is 5.97 Å². The Bertz CT molecular complexity index is 400. The van der Waals surface area contributed by atoms with E-state index in [0.717, 1.165) is 0 Å². The van der Waals surface area contributed by atoms with E-state index in [1.165, 1.54) is 0 Å². The molecule has 1 heterocycles. The molecule has 0 aliphatic rings. The first kappa shape index (κ1) is 13.6. The van der Waals surface area contributed by atoms with Crippen LogP contribution in [-0.2, 0) is 15.1 Å². The molecule has 6 nitrogen and oxygen atoms in total. The van der Waals surface area contributed by atoms with Gasteiger partial charge in [0.2, 0.25) is 11.7 Å². The Kier molecular flexibility index (Phi) is 3.87. The number of carboxylic acids is 1. The molecule has 0 radical (unpaired) electrons. The van der Waals surface area contributed by atoms with E-state index in [1.807, 2.05) is 13.8 Å². The molecule has 17 heavy (non-hydrogen) atoms. The minimum absolute atomic E-state index is 0.319. The SMILES string of the molecule is COC(C)(C)c1noc(C(C)C(C)C(=O)O)n1. The van der Waals surface area contributed by atoms with Crippen LogP contribution in [0, 0.1) is 5.92 Å². The summed E-state index contributed by atoms with van der Waals surface area (Å²) >= 11 is 0. The zero-order chi connectivity index (χ0) is 13.2. The molecule has 0 spiro atoms. The fourth-order valence-electron chi connectivity index (χ4n) is 1.18. The smallest absolute Gasteiger partial charge is 0.307 e. The molecule has 0 aliphatic heterocycles. The molecule has 1 rings (SSSR count). The molecular formula is C11H18N2O4. The van der Waals surface area contributed by atoms with Gasteiger partial charge in [0.1, 0.15) is 5.60 Å². The van der Waals surface area contributed by atoms with Crippen LogP contribution < -0.4 is 0 Å². The standard InChI is InChI=1S/C11H18N2O4/c1-6(7(2)9(14)15)8-12-10(13-17-8)11(3,4)16-5/h6-7H,1-5H3,(H,14,15). The third-order valence-corrected chi connectivity index (χ3v) is 3.02. The number of aliphatic carboxylic acids is 1. The molecule has 0 aliphatic carbocycles. The average Bonchev–Trinajstić information content (AvgIpc) is 2.76. The first-order valence-electron chi connectivity index (χ1n) is 5.41. The quantitative estimate of drug-likeness (QED) is 0.847. The Balaban J connectivity index is 2.92. The maximum absolute atomic E-state index is 10.9. The van der Waals surface area contributed by atoms with Crippen LogP contribution in [0.4, 0.5) is 0 Å². The zero-order valence-corrected chi connectivity index (χ0v) is 10.7. The first-order chi connectivity index (χ1) is 7.79. The van der Waals surface area contributed by atoms with Gasteiger partial charge in [-0.05, 0) is 13.8 Å². The van der Waals surface area contributed by atoms with Gasteiger partial charge in [-0.15, -0.1) is 0 Å². The molecule has 0 amide bonds. The van der Waals surface area contributed by atoms with Crippen molar-refractivity contribution in [1.82, 2.24) is 10.1 Å². The van der Waals surface area contributed by atoms with Crippen molar-refractivity contribution in [2.24, 2.45) is 5.92 Å². The third kappa shape index (κ3) is 2.82. The van der Waals surface area contributed by atoms with E-state index >= 15 is 0 Å². The Labute approximate surface area is 100.0 Å². The summed E-state index contributed by atoms with van der Waals surface area (Å²) in [5, 5.41) is 12.7. The van der Waals surface area contributed by atoms with Gasteiger partial charge in [-0.3, -0.25) is 4.79 Å². The van der Waals surface area contributed by atoms with Gasteiger partial charge in [-0.1, -0.05) is 19.0 Å². The normalized spacial score (nSPS) is 15.6. The molecule has 0 saturated carbocycles. The topological polar surface area (TPSA) is 85.5 Å².